The standard InChI is InChI=1S/C6H4ClFNO3P/c7-3-1-4(8)5(9)2-6(3)12-13(10)11/h1-2H,9H2/p+1. The van der Waals surface area contributed by atoms with Gasteiger partial charge in [0.05, 0.1) is 10.7 Å². The molecule has 1 aromatic carbocycles. The van der Waals surface area contributed by atoms with E-state index in [1.165, 1.54) is 0 Å². The Morgan fingerprint density at radius 3 is 2.77 bits per heavy atom. The Morgan fingerprint density at radius 1 is 1.62 bits per heavy atom. The fraction of sp³-hybridized carbons (Fsp3) is 0. The third-order valence-corrected chi connectivity index (χ3v) is 1.88. The highest BCUT2D eigenvalue weighted by Crippen LogP contribution is 2.33. The molecule has 0 amide bonds. The van der Waals surface area contributed by atoms with Crippen molar-refractivity contribution in [1.29, 1.82) is 0 Å². The van der Waals surface area contributed by atoms with Gasteiger partial charge in [-0.05, 0) is 6.07 Å². The van der Waals surface area contributed by atoms with Gasteiger partial charge in [-0.3, -0.25) is 0 Å². The lowest BCUT2D eigenvalue weighted by molar-refractivity contribution is 0.410. The molecule has 0 bridgehead atoms. The minimum atomic E-state index is -2.83. The maximum atomic E-state index is 12.7. The van der Waals surface area contributed by atoms with Gasteiger partial charge >= 0.3 is 8.25 Å². The van der Waals surface area contributed by atoms with Crippen molar-refractivity contribution in [2.45, 2.75) is 0 Å². The van der Waals surface area contributed by atoms with E-state index in [-0.39, 0.29) is 16.5 Å². The predicted molar refractivity (Wildman–Crippen MR) is 46.3 cm³/mol. The highest BCUT2D eigenvalue weighted by atomic mass is 35.5. The number of anilines is 1. The zero-order chi connectivity index (χ0) is 10.0. The number of hydrogen-bond acceptors (Lipinski definition) is 3. The van der Waals surface area contributed by atoms with Crippen molar-refractivity contribution in [3.8, 4) is 5.75 Å². The van der Waals surface area contributed by atoms with Crippen molar-refractivity contribution in [1.82, 2.24) is 0 Å². The molecule has 0 aliphatic heterocycles. The van der Waals surface area contributed by atoms with Crippen LogP contribution in [0.3, 0.4) is 0 Å². The summed E-state index contributed by atoms with van der Waals surface area (Å²) >= 11 is 5.49. The van der Waals surface area contributed by atoms with Crippen molar-refractivity contribution in [2.75, 3.05) is 5.73 Å². The van der Waals surface area contributed by atoms with Crippen LogP contribution in [0, 0.1) is 5.82 Å². The first-order valence-corrected chi connectivity index (χ1v) is 4.60. The summed E-state index contributed by atoms with van der Waals surface area (Å²) in [4.78, 5) is 8.38. The van der Waals surface area contributed by atoms with Crippen LogP contribution in [0.15, 0.2) is 12.1 Å². The van der Waals surface area contributed by atoms with Crippen LogP contribution < -0.4 is 10.3 Å². The van der Waals surface area contributed by atoms with Crippen LogP contribution in [0.25, 0.3) is 0 Å². The highest BCUT2D eigenvalue weighted by Gasteiger charge is 2.18. The van der Waals surface area contributed by atoms with E-state index in [1.807, 2.05) is 0 Å². The molecule has 0 saturated heterocycles. The lowest BCUT2D eigenvalue weighted by Crippen LogP contribution is -1.92. The molecule has 0 aromatic heterocycles. The zero-order valence-corrected chi connectivity index (χ0v) is 7.85. The zero-order valence-electron chi connectivity index (χ0n) is 6.20. The smallest absolute Gasteiger partial charge is 0.396 e. The van der Waals surface area contributed by atoms with Crippen LogP contribution in [0.5, 0.6) is 5.75 Å². The second-order valence-electron chi connectivity index (χ2n) is 2.13. The highest BCUT2D eigenvalue weighted by molar-refractivity contribution is 7.32. The maximum absolute atomic E-state index is 12.7. The van der Waals surface area contributed by atoms with Crippen molar-refractivity contribution in [3.63, 3.8) is 0 Å². The van der Waals surface area contributed by atoms with E-state index in [0.29, 0.717) is 0 Å². The summed E-state index contributed by atoms with van der Waals surface area (Å²) in [6, 6.07) is 1.95. The topological polar surface area (TPSA) is 72.5 Å². The number of nitrogens with two attached hydrogens (primary N) is 1. The second-order valence-corrected chi connectivity index (χ2v) is 3.20. The van der Waals surface area contributed by atoms with Crippen molar-refractivity contribution >= 4 is 25.5 Å². The number of hydrogen-bond donors (Lipinski definition) is 2. The van der Waals surface area contributed by atoms with E-state index in [4.69, 9.17) is 22.2 Å². The van der Waals surface area contributed by atoms with Gasteiger partial charge in [-0.15, -0.1) is 4.89 Å². The van der Waals surface area contributed by atoms with Crippen molar-refractivity contribution in [2.24, 2.45) is 0 Å². The van der Waals surface area contributed by atoms with Gasteiger partial charge < -0.3 is 5.73 Å². The van der Waals surface area contributed by atoms with Gasteiger partial charge in [0.1, 0.15) is 5.82 Å². The van der Waals surface area contributed by atoms with Gasteiger partial charge in [-0.2, -0.15) is 0 Å². The minimum absolute atomic E-state index is 0.107. The Balaban J connectivity index is 3.08. The first-order chi connectivity index (χ1) is 6.00. The number of rotatable bonds is 2. The fourth-order valence-corrected chi connectivity index (χ4v) is 1.26. The van der Waals surface area contributed by atoms with Crippen LogP contribution in [0.1, 0.15) is 0 Å². The van der Waals surface area contributed by atoms with Gasteiger partial charge in [-0.1, -0.05) is 11.6 Å². The minimum Gasteiger partial charge on any atom is -0.396 e. The summed E-state index contributed by atoms with van der Waals surface area (Å²) in [5.74, 6) is -0.824. The molecule has 7 heteroatoms. The summed E-state index contributed by atoms with van der Waals surface area (Å²) in [7, 11) is -2.83. The van der Waals surface area contributed by atoms with Crippen molar-refractivity contribution in [3.05, 3.63) is 23.0 Å². The van der Waals surface area contributed by atoms with Crippen molar-refractivity contribution < 1.29 is 18.4 Å². The Labute approximate surface area is 79.0 Å². The predicted octanol–water partition coefficient (Wildman–Crippen LogP) is 2.09. The molecule has 0 spiro atoms. The molecule has 1 atom stereocenters. The monoisotopic (exact) mass is 224 g/mol. The maximum Gasteiger partial charge on any atom is 0.747 e. The molecular formula is C6H5ClFNO3P+. The Kier molecular flexibility index (Phi) is 3.03. The SMILES string of the molecule is Nc1cc(O[P+](=O)O)c(Cl)cc1F. The quantitative estimate of drug-likeness (QED) is 0.596. The molecule has 3 N–H and O–H groups in total. The number of halogens is 2. The van der Waals surface area contributed by atoms with E-state index >= 15 is 0 Å². The molecule has 0 saturated carbocycles. The first-order valence-electron chi connectivity index (χ1n) is 3.09. The van der Waals surface area contributed by atoms with E-state index < -0.39 is 14.1 Å². The van der Waals surface area contributed by atoms with Crippen LogP contribution in [0.4, 0.5) is 10.1 Å². The molecular weight excluding hydrogens is 219 g/mol. The Bertz CT molecular complexity index is 360. The normalized spacial score (nSPS) is 11.2. The Morgan fingerprint density at radius 2 is 2.23 bits per heavy atom. The molecule has 0 heterocycles. The van der Waals surface area contributed by atoms with E-state index in [2.05, 4.69) is 4.52 Å². The van der Waals surface area contributed by atoms with Gasteiger partial charge in [0.15, 0.2) is 0 Å². The molecule has 1 aromatic rings. The fourth-order valence-electron chi connectivity index (χ4n) is 0.699. The van der Waals surface area contributed by atoms with E-state index in [0.717, 1.165) is 12.1 Å². The van der Waals surface area contributed by atoms with Crippen LogP contribution >= 0.6 is 19.9 Å². The molecule has 70 valence electrons. The third-order valence-electron chi connectivity index (χ3n) is 1.23. The number of benzene rings is 1. The lowest BCUT2D eigenvalue weighted by atomic mass is 10.3. The third kappa shape index (κ3) is 2.52. The molecule has 1 unspecified atom stereocenters. The molecule has 0 aliphatic rings. The lowest BCUT2D eigenvalue weighted by Gasteiger charge is -1.99. The van der Waals surface area contributed by atoms with E-state index in [9.17, 15) is 8.96 Å². The van der Waals surface area contributed by atoms with Gasteiger partial charge in [0.2, 0.25) is 5.75 Å². The van der Waals surface area contributed by atoms with Crippen LogP contribution in [-0.2, 0) is 4.57 Å². The Hall–Kier alpha value is -0.900. The summed E-state index contributed by atoms with van der Waals surface area (Å²) in [6.07, 6.45) is 0. The summed E-state index contributed by atoms with van der Waals surface area (Å²) < 4.78 is 27.3. The molecule has 4 nitrogen and oxygen atoms in total. The molecule has 13 heavy (non-hydrogen) atoms. The van der Waals surface area contributed by atoms with Gasteiger partial charge in [0.25, 0.3) is 0 Å². The van der Waals surface area contributed by atoms with Gasteiger partial charge in [0, 0.05) is 10.6 Å². The molecule has 0 radical (unpaired) electrons. The summed E-state index contributed by atoms with van der Waals surface area (Å²) in [5.41, 5.74) is 4.98. The van der Waals surface area contributed by atoms with E-state index in [1.54, 1.807) is 0 Å². The average molecular weight is 225 g/mol. The molecule has 0 fully saturated rings. The summed E-state index contributed by atoms with van der Waals surface area (Å²) in [5, 5.41) is -0.107. The number of nitrogen functional groups attached to an aromatic ring is 1. The average Bonchev–Trinajstić information content (AvgIpc) is 1.99. The first kappa shape index (κ1) is 10.2. The molecule has 0 aliphatic carbocycles. The largest absolute Gasteiger partial charge is 0.747 e. The van der Waals surface area contributed by atoms with Crippen LogP contribution in [0.2, 0.25) is 5.02 Å². The second kappa shape index (κ2) is 3.87. The van der Waals surface area contributed by atoms with Crippen LogP contribution in [-0.4, -0.2) is 4.89 Å². The summed E-state index contributed by atoms with van der Waals surface area (Å²) in [6.45, 7) is 0. The molecule has 1 rings (SSSR count). The van der Waals surface area contributed by atoms with Gasteiger partial charge in [-0.25, -0.2) is 8.91 Å².